The highest BCUT2D eigenvalue weighted by molar-refractivity contribution is 6.28. The number of para-hydroxylation sites is 1. The number of benzene rings is 1. The fraction of sp³-hybridized carbons (Fsp3) is 0.286. The van der Waals surface area contributed by atoms with Crippen LogP contribution in [0.2, 0.25) is 5.28 Å². The second-order valence-electron chi connectivity index (χ2n) is 4.43. The molecule has 0 aliphatic rings. The third-order valence-corrected chi connectivity index (χ3v) is 2.92. The van der Waals surface area contributed by atoms with Gasteiger partial charge in [0, 0.05) is 38.1 Å². The van der Waals surface area contributed by atoms with E-state index < -0.39 is 0 Å². The largest absolute Gasteiger partial charge is 0.385 e. The average Bonchev–Trinajstić information content (AvgIpc) is 2.41. The molecule has 0 spiro atoms. The molecule has 4 nitrogen and oxygen atoms in total. The summed E-state index contributed by atoms with van der Waals surface area (Å²) in [7, 11) is 3.90. The third kappa shape index (κ3) is 3.83. The molecule has 0 saturated carbocycles. The van der Waals surface area contributed by atoms with Gasteiger partial charge in [0.1, 0.15) is 5.82 Å². The van der Waals surface area contributed by atoms with E-state index in [1.54, 1.807) is 6.20 Å². The minimum Gasteiger partial charge on any atom is -0.385 e. The van der Waals surface area contributed by atoms with Crippen molar-refractivity contribution in [2.45, 2.75) is 6.42 Å². The lowest BCUT2D eigenvalue weighted by atomic mass is 10.2. The first kappa shape index (κ1) is 13.6. The van der Waals surface area contributed by atoms with Gasteiger partial charge >= 0.3 is 0 Å². The molecule has 1 heterocycles. The lowest BCUT2D eigenvalue weighted by Gasteiger charge is -2.16. The van der Waals surface area contributed by atoms with Crippen molar-refractivity contribution in [3.63, 3.8) is 0 Å². The van der Waals surface area contributed by atoms with Crippen LogP contribution in [0.15, 0.2) is 36.5 Å². The Balaban J connectivity index is 2.00. The molecular weight excluding hydrogens is 260 g/mol. The van der Waals surface area contributed by atoms with Crippen LogP contribution in [0.25, 0.3) is 0 Å². The molecule has 1 aromatic heterocycles. The Morgan fingerprint density at radius 3 is 2.63 bits per heavy atom. The van der Waals surface area contributed by atoms with Gasteiger partial charge in [0.15, 0.2) is 0 Å². The minimum absolute atomic E-state index is 0.281. The van der Waals surface area contributed by atoms with E-state index in [4.69, 9.17) is 11.6 Å². The van der Waals surface area contributed by atoms with E-state index in [1.807, 2.05) is 49.3 Å². The Kier molecular flexibility index (Phi) is 4.58. The van der Waals surface area contributed by atoms with Crippen molar-refractivity contribution in [3.05, 3.63) is 47.4 Å². The monoisotopic (exact) mass is 276 g/mol. The van der Waals surface area contributed by atoms with Crippen LogP contribution >= 0.6 is 11.6 Å². The van der Waals surface area contributed by atoms with Crippen molar-refractivity contribution in [1.29, 1.82) is 0 Å². The van der Waals surface area contributed by atoms with Crippen molar-refractivity contribution >= 4 is 23.1 Å². The second-order valence-corrected chi connectivity index (χ2v) is 4.76. The first-order valence-corrected chi connectivity index (χ1v) is 6.52. The zero-order valence-electron chi connectivity index (χ0n) is 11.1. The second kappa shape index (κ2) is 6.38. The molecule has 0 saturated heterocycles. The van der Waals surface area contributed by atoms with E-state index in [9.17, 15) is 0 Å². The first-order valence-electron chi connectivity index (χ1n) is 6.14. The molecule has 0 fully saturated rings. The summed E-state index contributed by atoms with van der Waals surface area (Å²) in [5.41, 5.74) is 2.20. The summed E-state index contributed by atoms with van der Waals surface area (Å²) in [6.45, 7) is 0.829. The molecule has 0 radical (unpaired) electrons. The lowest BCUT2D eigenvalue weighted by Crippen LogP contribution is -2.16. The van der Waals surface area contributed by atoms with Gasteiger partial charge in [-0.05, 0) is 30.2 Å². The molecule has 5 heteroatoms. The maximum absolute atomic E-state index is 5.83. The standard InChI is InChI=1S/C14H17ClN4/c1-19(2)13-11(10-17-14(15)18-13)8-9-16-12-6-4-3-5-7-12/h3-7,10,16H,8-9H2,1-2H3. The predicted octanol–water partition coefficient (Wildman–Crippen LogP) is 2.85. The Morgan fingerprint density at radius 1 is 1.21 bits per heavy atom. The molecule has 2 rings (SSSR count). The highest BCUT2D eigenvalue weighted by Gasteiger charge is 2.08. The summed E-state index contributed by atoms with van der Waals surface area (Å²) in [5, 5.41) is 3.65. The quantitative estimate of drug-likeness (QED) is 0.853. The maximum Gasteiger partial charge on any atom is 0.224 e. The summed E-state index contributed by atoms with van der Waals surface area (Å²) in [6.07, 6.45) is 2.64. The molecular formula is C14H17ClN4. The summed E-state index contributed by atoms with van der Waals surface area (Å²) in [6, 6.07) is 10.1. The Hall–Kier alpha value is -1.81. The molecule has 0 aliphatic carbocycles. The number of nitrogens with zero attached hydrogens (tertiary/aromatic N) is 3. The van der Waals surface area contributed by atoms with E-state index in [0.717, 1.165) is 30.0 Å². The summed E-state index contributed by atoms with van der Waals surface area (Å²) in [4.78, 5) is 10.2. The number of halogens is 1. The summed E-state index contributed by atoms with van der Waals surface area (Å²) >= 11 is 5.83. The molecule has 1 aromatic carbocycles. The maximum atomic E-state index is 5.83. The molecule has 0 atom stereocenters. The number of rotatable bonds is 5. The van der Waals surface area contributed by atoms with Crippen molar-refractivity contribution in [2.24, 2.45) is 0 Å². The van der Waals surface area contributed by atoms with Crippen molar-refractivity contribution in [1.82, 2.24) is 9.97 Å². The smallest absolute Gasteiger partial charge is 0.224 e. The van der Waals surface area contributed by atoms with Gasteiger partial charge in [0.2, 0.25) is 5.28 Å². The third-order valence-electron chi connectivity index (χ3n) is 2.73. The average molecular weight is 277 g/mol. The Morgan fingerprint density at radius 2 is 1.95 bits per heavy atom. The van der Waals surface area contributed by atoms with Gasteiger partial charge < -0.3 is 10.2 Å². The number of hydrogen-bond acceptors (Lipinski definition) is 4. The van der Waals surface area contributed by atoms with Crippen LogP contribution in [0.4, 0.5) is 11.5 Å². The molecule has 0 amide bonds. The van der Waals surface area contributed by atoms with E-state index >= 15 is 0 Å². The first-order chi connectivity index (χ1) is 9.16. The molecule has 0 unspecified atom stereocenters. The van der Waals surface area contributed by atoms with Crippen LogP contribution in [0.3, 0.4) is 0 Å². The number of nitrogens with one attached hydrogen (secondary N) is 1. The minimum atomic E-state index is 0.281. The van der Waals surface area contributed by atoms with Crippen molar-refractivity contribution < 1.29 is 0 Å². The zero-order valence-corrected chi connectivity index (χ0v) is 11.9. The highest BCUT2D eigenvalue weighted by atomic mass is 35.5. The molecule has 0 aliphatic heterocycles. The number of anilines is 2. The molecule has 100 valence electrons. The number of aromatic nitrogens is 2. The number of hydrogen-bond donors (Lipinski definition) is 1. The van der Waals surface area contributed by atoms with Gasteiger partial charge in [-0.2, -0.15) is 0 Å². The van der Waals surface area contributed by atoms with Crippen LogP contribution in [-0.2, 0) is 6.42 Å². The highest BCUT2D eigenvalue weighted by Crippen LogP contribution is 2.17. The molecule has 0 bridgehead atoms. The van der Waals surface area contributed by atoms with Gasteiger partial charge in [-0.15, -0.1) is 0 Å². The molecule has 19 heavy (non-hydrogen) atoms. The van der Waals surface area contributed by atoms with Crippen LogP contribution < -0.4 is 10.2 Å². The van der Waals surface area contributed by atoms with E-state index in [-0.39, 0.29) is 5.28 Å². The van der Waals surface area contributed by atoms with Gasteiger partial charge in [0.05, 0.1) is 0 Å². The van der Waals surface area contributed by atoms with Crippen LogP contribution in [0.1, 0.15) is 5.56 Å². The molecule has 1 N–H and O–H groups in total. The Bertz CT molecular complexity index is 528. The van der Waals surface area contributed by atoms with Crippen molar-refractivity contribution in [3.8, 4) is 0 Å². The van der Waals surface area contributed by atoms with E-state index in [0.29, 0.717) is 0 Å². The Labute approximate surface area is 118 Å². The van der Waals surface area contributed by atoms with Gasteiger partial charge in [-0.3, -0.25) is 0 Å². The molecule has 2 aromatic rings. The van der Waals surface area contributed by atoms with Gasteiger partial charge in [-0.25, -0.2) is 9.97 Å². The van der Waals surface area contributed by atoms with E-state index in [1.165, 1.54) is 0 Å². The predicted molar refractivity (Wildman–Crippen MR) is 80.0 cm³/mol. The van der Waals surface area contributed by atoms with Crippen molar-refractivity contribution in [2.75, 3.05) is 30.9 Å². The lowest BCUT2D eigenvalue weighted by molar-refractivity contribution is 0.942. The van der Waals surface area contributed by atoms with Crippen LogP contribution in [-0.4, -0.2) is 30.6 Å². The van der Waals surface area contributed by atoms with E-state index in [2.05, 4.69) is 15.3 Å². The summed E-state index contributed by atoms with van der Waals surface area (Å²) < 4.78 is 0. The summed E-state index contributed by atoms with van der Waals surface area (Å²) in [5.74, 6) is 0.870. The fourth-order valence-corrected chi connectivity index (χ4v) is 1.97. The normalized spacial score (nSPS) is 10.3. The van der Waals surface area contributed by atoms with Gasteiger partial charge in [0.25, 0.3) is 0 Å². The van der Waals surface area contributed by atoms with Gasteiger partial charge in [-0.1, -0.05) is 18.2 Å². The topological polar surface area (TPSA) is 41.1 Å². The zero-order chi connectivity index (χ0) is 13.7. The fourth-order valence-electron chi connectivity index (χ4n) is 1.84. The van der Waals surface area contributed by atoms with Crippen LogP contribution in [0.5, 0.6) is 0 Å². The SMILES string of the molecule is CN(C)c1nc(Cl)ncc1CCNc1ccccc1. The van der Waals surface area contributed by atoms with Crippen LogP contribution in [0, 0.1) is 0 Å².